The van der Waals surface area contributed by atoms with Gasteiger partial charge in [0.15, 0.2) is 5.82 Å². The van der Waals surface area contributed by atoms with Gasteiger partial charge >= 0.3 is 0 Å². The van der Waals surface area contributed by atoms with Crippen LogP contribution in [0.15, 0.2) is 24.4 Å². The molecule has 0 amide bonds. The molecular weight excluding hydrogens is 252 g/mol. The second kappa shape index (κ2) is 4.98. The maximum Gasteiger partial charge on any atom is 0.200 e. The number of hydrogen-bond donors (Lipinski definition) is 0. The van der Waals surface area contributed by atoms with Crippen molar-refractivity contribution in [2.75, 3.05) is 6.61 Å². The molecule has 1 aliphatic heterocycles. The molecule has 2 aromatic rings. The van der Waals surface area contributed by atoms with E-state index in [1.165, 1.54) is 0 Å². The highest BCUT2D eigenvalue weighted by Crippen LogP contribution is 2.35. The van der Waals surface area contributed by atoms with Crippen molar-refractivity contribution < 1.29 is 4.74 Å². The van der Waals surface area contributed by atoms with Crippen LogP contribution < -0.4 is 0 Å². The minimum Gasteiger partial charge on any atom is -0.376 e. The largest absolute Gasteiger partial charge is 0.376 e. The topological polar surface area (TPSA) is 52.8 Å². The second-order valence-electron chi connectivity index (χ2n) is 5.93. The Morgan fingerprint density at radius 1 is 1.35 bits per heavy atom. The highest BCUT2D eigenvalue weighted by atomic mass is 16.5. The van der Waals surface area contributed by atoms with Crippen molar-refractivity contribution in [3.63, 3.8) is 0 Å². The Kier molecular flexibility index (Phi) is 3.30. The van der Waals surface area contributed by atoms with E-state index in [0.29, 0.717) is 11.7 Å². The quantitative estimate of drug-likeness (QED) is 0.843. The van der Waals surface area contributed by atoms with Crippen LogP contribution in [0.1, 0.15) is 38.4 Å². The van der Waals surface area contributed by atoms with E-state index in [2.05, 4.69) is 23.9 Å². The highest BCUT2D eigenvalue weighted by molar-refractivity contribution is 5.47. The lowest BCUT2D eigenvalue weighted by molar-refractivity contribution is -0.0606. The first kappa shape index (κ1) is 13.2. The van der Waals surface area contributed by atoms with Gasteiger partial charge in [0.25, 0.3) is 0 Å². The number of aromatic nitrogens is 4. The molecule has 0 spiro atoms. The fraction of sp³-hybridized carbons (Fsp3) is 0.533. The van der Waals surface area contributed by atoms with Crippen LogP contribution in [-0.4, -0.2) is 32.0 Å². The number of nitrogens with zero attached hydrogens (tertiary/aromatic N) is 4. The molecule has 3 heterocycles. The normalized spacial score (nSPS) is 21.9. The average molecular weight is 272 g/mol. The lowest BCUT2D eigenvalue weighted by Gasteiger charge is -2.34. The van der Waals surface area contributed by atoms with Gasteiger partial charge in [-0.2, -0.15) is 0 Å². The standard InChI is InChI=1S/C15H20N4O/c1-15(2)10-11(7-9-20-15)14-17-13(18-19(14)3)12-6-4-5-8-16-12/h4-6,8,11H,7,9-10H2,1-3H3/t11-/m0/s1. The van der Waals surface area contributed by atoms with Crippen molar-refractivity contribution in [2.45, 2.75) is 38.2 Å². The van der Waals surface area contributed by atoms with Crippen LogP contribution in [-0.2, 0) is 11.8 Å². The summed E-state index contributed by atoms with van der Waals surface area (Å²) in [4.78, 5) is 9.02. The molecule has 2 aromatic heterocycles. The van der Waals surface area contributed by atoms with E-state index in [1.807, 2.05) is 29.9 Å². The third-order valence-corrected chi connectivity index (χ3v) is 3.75. The van der Waals surface area contributed by atoms with E-state index in [0.717, 1.165) is 31.0 Å². The molecule has 20 heavy (non-hydrogen) atoms. The van der Waals surface area contributed by atoms with Gasteiger partial charge in [0.05, 0.1) is 5.60 Å². The summed E-state index contributed by atoms with van der Waals surface area (Å²) in [7, 11) is 1.96. The van der Waals surface area contributed by atoms with Crippen LogP contribution >= 0.6 is 0 Å². The maximum atomic E-state index is 5.78. The fourth-order valence-corrected chi connectivity index (χ4v) is 2.81. The molecule has 5 heteroatoms. The summed E-state index contributed by atoms with van der Waals surface area (Å²) in [5, 5.41) is 4.51. The zero-order chi connectivity index (χ0) is 14.2. The molecule has 1 saturated heterocycles. The summed E-state index contributed by atoms with van der Waals surface area (Å²) < 4.78 is 7.66. The van der Waals surface area contributed by atoms with Gasteiger partial charge in [-0.3, -0.25) is 9.67 Å². The van der Waals surface area contributed by atoms with Gasteiger partial charge in [-0.05, 0) is 38.8 Å². The van der Waals surface area contributed by atoms with Gasteiger partial charge in [-0.1, -0.05) is 6.07 Å². The van der Waals surface area contributed by atoms with E-state index in [1.54, 1.807) is 6.20 Å². The Balaban J connectivity index is 1.90. The van der Waals surface area contributed by atoms with E-state index < -0.39 is 0 Å². The molecule has 0 aliphatic carbocycles. The van der Waals surface area contributed by atoms with Crippen LogP contribution in [0.5, 0.6) is 0 Å². The van der Waals surface area contributed by atoms with Crippen LogP contribution in [0.3, 0.4) is 0 Å². The number of aryl methyl sites for hydroxylation is 1. The van der Waals surface area contributed by atoms with E-state index in [9.17, 15) is 0 Å². The van der Waals surface area contributed by atoms with Crippen molar-refractivity contribution >= 4 is 0 Å². The smallest absolute Gasteiger partial charge is 0.200 e. The van der Waals surface area contributed by atoms with Crippen molar-refractivity contribution in [3.05, 3.63) is 30.2 Å². The summed E-state index contributed by atoms with van der Waals surface area (Å²) in [6.45, 7) is 5.05. The lowest BCUT2D eigenvalue weighted by atomic mass is 9.88. The zero-order valence-corrected chi connectivity index (χ0v) is 12.2. The van der Waals surface area contributed by atoms with Crippen LogP contribution in [0.4, 0.5) is 0 Å². The fourth-order valence-electron chi connectivity index (χ4n) is 2.81. The molecule has 0 radical (unpaired) electrons. The summed E-state index contributed by atoms with van der Waals surface area (Å²) >= 11 is 0. The summed E-state index contributed by atoms with van der Waals surface area (Å²) in [6.07, 6.45) is 3.74. The summed E-state index contributed by atoms with van der Waals surface area (Å²) in [5.41, 5.74) is 0.737. The molecule has 1 fully saturated rings. The molecule has 0 N–H and O–H groups in total. The Morgan fingerprint density at radius 2 is 2.20 bits per heavy atom. The molecule has 106 valence electrons. The molecule has 5 nitrogen and oxygen atoms in total. The molecule has 0 saturated carbocycles. The molecular formula is C15H20N4O. The van der Waals surface area contributed by atoms with Gasteiger partial charge in [-0.15, -0.1) is 5.10 Å². The molecule has 0 unspecified atom stereocenters. The van der Waals surface area contributed by atoms with Crippen LogP contribution in [0, 0.1) is 0 Å². The van der Waals surface area contributed by atoms with E-state index in [4.69, 9.17) is 9.72 Å². The minimum atomic E-state index is -0.0833. The predicted octanol–water partition coefficient (Wildman–Crippen LogP) is 2.55. The van der Waals surface area contributed by atoms with Gasteiger partial charge in [0.2, 0.25) is 0 Å². The lowest BCUT2D eigenvalue weighted by Crippen LogP contribution is -2.33. The number of ether oxygens (including phenoxy) is 1. The summed E-state index contributed by atoms with van der Waals surface area (Å²) in [5.74, 6) is 2.13. The Labute approximate surface area is 119 Å². The number of hydrogen-bond acceptors (Lipinski definition) is 4. The minimum absolute atomic E-state index is 0.0833. The first-order chi connectivity index (χ1) is 9.55. The predicted molar refractivity (Wildman–Crippen MR) is 76.2 cm³/mol. The third-order valence-electron chi connectivity index (χ3n) is 3.75. The Bertz CT molecular complexity index is 591. The average Bonchev–Trinajstić information content (AvgIpc) is 2.81. The van der Waals surface area contributed by atoms with Gasteiger partial charge in [0.1, 0.15) is 11.5 Å². The monoisotopic (exact) mass is 272 g/mol. The molecule has 3 rings (SSSR count). The number of pyridine rings is 1. The van der Waals surface area contributed by atoms with Gasteiger partial charge < -0.3 is 4.74 Å². The summed E-state index contributed by atoms with van der Waals surface area (Å²) in [6, 6.07) is 5.79. The van der Waals surface area contributed by atoms with Crippen molar-refractivity contribution in [2.24, 2.45) is 7.05 Å². The first-order valence-corrected chi connectivity index (χ1v) is 7.01. The molecule has 1 atom stereocenters. The molecule has 1 aliphatic rings. The molecule has 0 bridgehead atoms. The second-order valence-corrected chi connectivity index (χ2v) is 5.93. The Hall–Kier alpha value is -1.75. The first-order valence-electron chi connectivity index (χ1n) is 7.01. The van der Waals surface area contributed by atoms with Crippen molar-refractivity contribution in [3.8, 4) is 11.5 Å². The van der Waals surface area contributed by atoms with Crippen molar-refractivity contribution in [1.82, 2.24) is 19.7 Å². The van der Waals surface area contributed by atoms with Crippen molar-refractivity contribution in [1.29, 1.82) is 0 Å². The highest BCUT2D eigenvalue weighted by Gasteiger charge is 2.32. The van der Waals surface area contributed by atoms with E-state index >= 15 is 0 Å². The third kappa shape index (κ3) is 2.58. The SMILES string of the molecule is Cn1nc(-c2ccccn2)nc1[C@H]1CCOC(C)(C)C1. The van der Waals surface area contributed by atoms with Crippen LogP contribution in [0.25, 0.3) is 11.5 Å². The maximum absolute atomic E-state index is 5.78. The zero-order valence-electron chi connectivity index (χ0n) is 12.2. The van der Waals surface area contributed by atoms with Gasteiger partial charge in [0, 0.05) is 25.8 Å². The Morgan fingerprint density at radius 3 is 2.90 bits per heavy atom. The molecule has 0 aromatic carbocycles. The number of rotatable bonds is 2. The van der Waals surface area contributed by atoms with E-state index in [-0.39, 0.29) is 5.60 Å². The van der Waals surface area contributed by atoms with Gasteiger partial charge in [-0.25, -0.2) is 4.98 Å². The van der Waals surface area contributed by atoms with Crippen LogP contribution in [0.2, 0.25) is 0 Å².